The van der Waals surface area contributed by atoms with Crippen LogP contribution < -0.4 is 4.90 Å². The number of ketones is 1. The average Bonchev–Trinajstić information content (AvgIpc) is 2.96. The van der Waals surface area contributed by atoms with E-state index in [1.807, 2.05) is 31.2 Å². The number of benzene rings is 3. The van der Waals surface area contributed by atoms with Crippen molar-refractivity contribution in [2.45, 2.75) is 25.5 Å². The monoisotopic (exact) mass is 450 g/mol. The van der Waals surface area contributed by atoms with Gasteiger partial charge in [-0.3, -0.25) is 19.7 Å². The second-order valence-electron chi connectivity index (χ2n) is 7.75. The number of Topliss-reactive ketones (excluding diaryl/α,β-unsaturated/α-hetero) is 1. The van der Waals surface area contributed by atoms with Crippen LogP contribution in [-0.4, -0.2) is 21.7 Å². The van der Waals surface area contributed by atoms with E-state index in [1.165, 1.54) is 29.2 Å². The number of anilines is 1. The van der Waals surface area contributed by atoms with Gasteiger partial charge < -0.3 is 10.0 Å². The zero-order valence-electron chi connectivity index (χ0n) is 17.1. The summed E-state index contributed by atoms with van der Waals surface area (Å²) in [6.45, 7) is 2.14. The molecule has 1 atom stereocenters. The van der Waals surface area contributed by atoms with Crippen LogP contribution >= 0.6 is 11.6 Å². The van der Waals surface area contributed by atoms with Gasteiger partial charge in [0.25, 0.3) is 11.6 Å². The molecule has 0 spiro atoms. The van der Waals surface area contributed by atoms with Crippen molar-refractivity contribution >= 4 is 34.7 Å². The number of aryl methyl sites for hydroxylation is 1. The molecule has 32 heavy (non-hydrogen) atoms. The number of carbonyl (C=O) groups excluding carboxylic acids is 2. The molecular formula is C24H19ClN2O5. The van der Waals surface area contributed by atoms with Gasteiger partial charge in [-0.2, -0.15) is 0 Å². The van der Waals surface area contributed by atoms with Crippen molar-refractivity contribution in [2.24, 2.45) is 0 Å². The number of rotatable bonds is 6. The SMILES string of the molecule is Cc1ccccc1CN1C(=O)[C@@](O)(CC(=O)c2cccc([N+](=O)[O-])c2)c2cc(Cl)ccc21. The second kappa shape index (κ2) is 8.18. The van der Waals surface area contributed by atoms with Crippen molar-refractivity contribution in [3.8, 4) is 0 Å². The highest BCUT2D eigenvalue weighted by Crippen LogP contribution is 2.45. The first kappa shape index (κ1) is 21.7. The van der Waals surface area contributed by atoms with Crippen LogP contribution in [0.5, 0.6) is 0 Å². The van der Waals surface area contributed by atoms with E-state index in [0.29, 0.717) is 10.7 Å². The molecule has 3 aromatic rings. The number of amides is 1. The third kappa shape index (κ3) is 3.77. The van der Waals surface area contributed by atoms with Gasteiger partial charge in [-0.25, -0.2) is 0 Å². The van der Waals surface area contributed by atoms with Crippen LogP contribution in [0.4, 0.5) is 11.4 Å². The van der Waals surface area contributed by atoms with E-state index in [9.17, 15) is 24.8 Å². The summed E-state index contributed by atoms with van der Waals surface area (Å²) in [5, 5.41) is 22.8. The Hall–Kier alpha value is -3.55. The molecule has 1 N–H and O–H groups in total. The minimum atomic E-state index is -2.13. The fourth-order valence-corrected chi connectivity index (χ4v) is 4.11. The lowest BCUT2D eigenvalue weighted by Crippen LogP contribution is -2.41. The molecule has 0 saturated carbocycles. The summed E-state index contributed by atoms with van der Waals surface area (Å²) >= 11 is 6.14. The molecule has 4 rings (SSSR count). The number of hydrogen-bond acceptors (Lipinski definition) is 5. The number of nitrogens with zero attached hydrogens (tertiary/aromatic N) is 2. The summed E-state index contributed by atoms with van der Waals surface area (Å²) in [5.41, 5.74) is 0.255. The zero-order chi connectivity index (χ0) is 23.0. The van der Waals surface area contributed by atoms with Crippen LogP contribution in [0.1, 0.15) is 33.5 Å². The number of nitro benzene ring substituents is 1. The molecule has 3 aromatic carbocycles. The van der Waals surface area contributed by atoms with Gasteiger partial charge >= 0.3 is 0 Å². The van der Waals surface area contributed by atoms with Gasteiger partial charge in [-0.1, -0.05) is 48.0 Å². The van der Waals surface area contributed by atoms with E-state index in [4.69, 9.17) is 11.6 Å². The third-order valence-electron chi connectivity index (χ3n) is 5.68. The molecule has 0 radical (unpaired) electrons. The molecule has 0 saturated heterocycles. The number of halogens is 1. The highest BCUT2D eigenvalue weighted by Gasteiger charge is 2.51. The number of hydrogen-bond donors (Lipinski definition) is 1. The average molecular weight is 451 g/mol. The fourth-order valence-electron chi connectivity index (χ4n) is 3.94. The van der Waals surface area contributed by atoms with Gasteiger partial charge in [0.2, 0.25) is 0 Å². The van der Waals surface area contributed by atoms with Crippen molar-refractivity contribution in [3.05, 3.63) is 104 Å². The highest BCUT2D eigenvalue weighted by molar-refractivity contribution is 6.31. The normalized spacial score (nSPS) is 17.3. The standard InChI is InChI=1S/C24H19ClN2O5/c1-15-5-2-3-6-17(15)14-26-21-10-9-18(25)12-20(21)24(30,23(26)29)13-22(28)16-7-4-8-19(11-16)27(31)32/h2-12,30H,13-14H2,1H3/t24-/m1/s1. The summed E-state index contributed by atoms with van der Waals surface area (Å²) in [5.74, 6) is -1.23. The Bertz CT molecular complexity index is 1260. The lowest BCUT2D eigenvalue weighted by molar-refractivity contribution is -0.384. The van der Waals surface area contributed by atoms with Crippen LogP contribution in [0.3, 0.4) is 0 Å². The van der Waals surface area contributed by atoms with Gasteiger partial charge in [0.15, 0.2) is 11.4 Å². The minimum absolute atomic E-state index is 0.0429. The largest absolute Gasteiger partial charge is 0.375 e. The Labute approximate surface area is 189 Å². The minimum Gasteiger partial charge on any atom is -0.375 e. The van der Waals surface area contributed by atoms with Crippen LogP contribution in [0.25, 0.3) is 0 Å². The van der Waals surface area contributed by atoms with Crippen molar-refractivity contribution in [2.75, 3.05) is 4.90 Å². The maximum Gasteiger partial charge on any atom is 0.270 e. The highest BCUT2D eigenvalue weighted by atomic mass is 35.5. The predicted molar refractivity (Wildman–Crippen MR) is 120 cm³/mol. The molecule has 8 heteroatoms. The first-order chi connectivity index (χ1) is 15.2. The Kier molecular flexibility index (Phi) is 5.54. The maximum absolute atomic E-state index is 13.4. The number of nitro groups is 1. The third-order valence-corrected chi connectivity index (χ3v) is 5.91. The van der Waals surface area contributed by atoms with Gasteiger partial charge in [-0.05, 0) is 36.2 Å². The van der Waals surface area contributed by atoms with Crippen molar-refractivity contribution < 1.29 is 19.6 Å². The molecule has 0 aromatic heterocycles. The first-order valence-corrected chi connectivity index (χ1v) is 10.2. The molecule has 1 amide bonds. The Balaban J connectivity index is 1.72. The van der Waals surface area contributed by atoms with E-state index in [0.717, 1.165) is 17.2 Å². The quantitative estimate of drug-likeness (QED) is 0.337. The fraction of sp³-hybridized carbons (Fsp3) is 0.167. The molecule has 1 heterocycles. The van der Waals surface area contributed by atoms with E-state index < -0.39 is 28.6 Å². The number of carbonyl (C=O) groups is 2. The van der Waals surface area contributed by atoms with Crippen LogP contribution in [0.2, 0.25) is 5.02 Å². The Morgan fingerprint density at radius 2 is 1.88 bits per heavy atom. The van der Waals surface area contributed by atoms with Crippen molar-refractivity contribution in [3.63, 3.8) is 0 Å². The number of fused-ring (bicyclic) bond motifs is 1. The molecule has 7 nitrogen and oxygen atoms in total. The molecule has 0 unspecified atom stereocenters. The van der Waals surface area contributed by atoms with E-state index in [2.05, 4.69) is 0 Å². The molecule has 0 bridgehead atoms. The van der Waals surface area contributed by atoms with Crippen LogP contribution in [0.15, 0.2) is 66.7 Å². The van der Waals surface area contributed by atoms with E-state index in [1.54, 1.807) is 12.1 Å². The van der Waals surface area contributed by atoms with Gasteiger partial charge in [-0.15, -0.1) is 0 Å². The van der Waals surface area contributed by atoms with Gasteiger partial charge in [0.05, 0.1) is 23.6 Å². The zero-order valence-corrected chi connectivity index (χ0v) is 17.9. The summed E-state index contributed by atoms with van der Waals surface area (Å²) < 4.78 is 0. The van der Waals surface area contributed by atoms with E-state index in [-0.39, 0.29) is 23.4 Å². The summed E-state index contributed by atoms with van der Waals surface area (Å²) in [4.78, 5) is 38.3. The lowest BCUT2D eigenvalue weighted by atomic mass is 9.88. The van der Waals surface area contributed by atoms with Crippen LogP contribution in [-0.2, 0) is 16.9 Å². The Morgan fingerprint density at radius 1 is 1.12 bits per heavy atom. The topological polar surface area (TPSA) is 101 Å². The predicted octanol–water partition coefficient (Wildman–Crippen LogP) is 4.56. The van der Waals surface area contributed by atoms with Crippen molar-refractivity contribution in [1.82, 2.24) is 0 Å². The summed E-state index contributed by atoms with van der Waals surface area (Å²) in [6.07, 6.45) is -0.565. The Morgan fingerprint density at radius 3 is 2.59 bits per heavy atom. The molecule has 0 fully saturated rings. The molecule has 0 aliphatic carbocycles. The smallest absolute Gasteiger partial charge is 0.270 e. The van der Waals surface area contributed by atoms with E-state index >= 15 is 0 Å². The molecular weight excluding hydrogens is 432 g/mol. The number of non-ortho nitro benzene ring substituents is 1. The molecule has 1 aliphatic heterocycles. The maximum atomic E-state index is 13.4. The number of aliphatic hydroxyl groups is 1. The first-order valence-electron chi connectivity index (χ1n) is 9.87. The van der Waals surface area contributed by atoms with Crippen LogP contribution in [0, 0.1) is 17.0 Å². The van der Waals surface area contributed by atoms with Crippen molar-refractivity contribution in [1.29, 1.82) is 0 Å². The second-order valence-corrected chi connectivity index (χ2v) is 8.18. The van der Waals surface area contributed by atoms with Gasteiger partial charge in [0, 0.05) is 28.3 Å². The lowest BCUT2D eigenvalue weighted by Gasteiger charge is -2.23. The summed E-state index contributed by atoms with van der Waals surface area (Å²) in [6, 6.07) is 17.5. The molecule has 162 valence electrons. The summed E-state index contributed by atoms with van der Waals surface area (Å²) in [7, 11) is 0. The molecule has 1 aliphatic rings. The van der Waals surface area contributed by atoms with Gasteiger partial charge in [0.1, 0.15) is 0 Å².